The monoisotopic (exact) mass is 226 g/mol. The topological polar surface area (TPSA) is 0 Å². The Morgan fingerprint density at radius 1 is 1.60 bits per heavy atom. The van der Waals surface area contributed by atoms with Crippen LogP contribution in [0.3, 0.4) is 0 Å². The molecule has 0 bridgehead atoms. The fourth-order valence-electron chi connectivity index (χ4n) is 0. The van der Waals surface area contributed by atoms with Crippen molar-refractivity contribution in [3.63, 3.8) is 0 Å². The maximum Gasteiger partial charge on any atom is 2.00 e. The maximum absolute atomic E-state index is 3.25. The Balaban J connectivity index is -0.0000000200. The van der Waals surface area contributed by atoms with Crippen LogP contribution in [0.5, 0.6) is 0 Å². The third kappa shape index (κ3) is 63.6. The van der Waals surface area contributed by atoms with Crippen molar-refractivity contribution in [1.29, 1.82) is 0 Å². The van der Waals surface area contributed by atoms with E-state index in [1.807, 2.05) is 0 Å². The van der Waals surface area contributed by atoms with Crippen molar-refractivity contribution in [3.8, 4) is 0 Å². The van der Waals surface area contributed by atoms with E-state index in [9.17, 15) is 0 Å². The molecule has 34 valence electrons. The van der Waals surface area contributed by atoms with Crippen LogP contribution in [-0.4, -0.2) is 0 Å². The van der Waals surface area contributed by atoms with E-state index in [0.29, 0.717) is 0 Å². The zero-order valence-corrected chi connectivity index (χ0v) is 5.83. The Bertz CT molecular complexity index is 14.4. The minimum absolute atomic E-state index is 0. The summed E-state index contributed by atoms with van der Waals surface area (Å²) in [6, 6.07) is 0. The van der Waals surface area contributed by atoms with Crippen LogP contribution < -0.4 is 17.0 Å². The van der Waals surface area contributed by atoms with Crippen LogP contribution in [0.25, 0.3) is 0 Å². The molecular weight excluding hydrogens is 222 g/mol. The molecule has 0 atom stereocenters. The predicted molar refractivity (Wildman–Crippen MR) is 15.6 cm³/mol. The Morgan fingerprint density at radius 3 is 1.60 bits per heavy atom. The first-order valence-electron chi connectivity index (χ1n) is 0.816. The van der Waals surface area contributed by atoms with E-state index in [2.05, 4.69) is 13.5 Å². The summed E-state index contributed by atoms with van der Waals surface area (Å²) in [5.41, 5.74) is 0. The van der Waals surface area contributed by atoms with Gasteiger partial charge in [0.15, 0.2) is 0 Å². The van der Waals surface area contributed by atoms with E-state index >= 15 is 0 Å². The van der Waals surface area contributed by atoms with Gasteiger partial charge in [-0.1, -0.05) is 0 Å². The van der Waals surface area contributed by atoms with Gasteiger partial charge < -0.3 is 17.0 Å². The Morgan fingerprint density at radius 2 is 1.60 bits per heavy atom. The van der Waals surface area contributed by atoms with Crippen LogP contribution in [0, 0.1) is 6.92 Å². The van der Waals surface area contributed by atoms with E-state index in [4.69, 9.17) is 0 Å². The fourth-order valence-corrected chi connectivity index (χ4v) is 0. The molecule has 0 saturated heterocycles. The van der Waals surface area contributed by atoms with Crippen molar-refractivity contribution < 1.29 is 37.4 Å². The molecule has 0 rings (SSSR count). The molecule has 0 radical (unpaired) electrons. The van der Waals surface area contributed by atoms with Crippen LogP contribution in [0.1, 0.15) is 0 Å². The minimum atomic E-state index is 0. The second-order valence-electron chi connectivity index (χ2n) is 0.289. The number of hydrogen-bond donors (Lipinski definition) is 0. The molecule has 0 N–H and O–H groups in total. The van der Waals surface area contributed by atoms with Crippen LogP contribution in [0.15, 0.2) is 12.7 Å². The van der Waals surface area contributed by atoms with Gasteiger partial charge in [-0.3, -0.25) is 0 Å². The van der Waals surface area contributed by atoms with E-state index < -0.39 is 0 Å². The molecule has 0 nitrogen and oxygen atoms in total. The standard InChI is InChI=1S/C3H5.BrH.Pd/c1-3-2;;/h3H,1-2H2;1H;/q-1;;+2/p-1. The van der Waals surface area contributed by atoms with Crippen molar-refractivity contribution in [2.45, 2.75) is 0 Å². The fraction of sp³-hybridized carbons (Fsp3) is 0. The molecule has 0 heterocycles. The quantitative estimate of drug-likeness (QED) is 0.332. The molecule has 0 spiro atoms. The third-order valence-electron chi connectivity index (χ3n) is 0. The molecule has 0 aliphatic heterocycles. The van der Waals surface area contributed by atoms with Crippen LogP contribution in [0.4, 0.5) is 0 Å². The molecule has 0 amide bonds. The van der Waals surface area contributed by atoms with Crippen molar-refractivity contribution in [1.82, 2.24) is 0 Å². The molecule has 0 aromatic carbocycles. The van der Waals surface area contributed by atoms with E-state index in [-0.39, 0.29) is 37.4 Å². The van der Waals surface area contributed by atoms with Gasteiger partial charge in [-0.15, -0.1) is 0 Å². The predicted octanol–water partition coefficient (Wildman–Crippen LogP) is -1.99. The average molecular weight is 227 g/mol. The smallest absolute Gasteiger partial charge is 1.00 e. The van der Waals surface area contributed by atoms with Gasteiger partial charge >= 0.3 is 20.4 Å². The number of halogens is 1. The molecule has 0 aliphatic rings. The van der Waals surface area contributed by atoms with E-state index in [1.165, 1.54) is 6.08 Å². The summed E-state index contributed by atoms with van der Waals surface area (Å²) in [6.45, 7) is 6.50. The minimum Gasteiger partial charge on any atom is -1.00 e. The van der Waals surface area contributed by atoms with Gasteiger partial charge in [-0.25, -0.2) is 19.6 Å². The molecule has 0 aromatic rings. The van der Waals surface area contributed by atoms with Crippen LogP contribution in [0.2, 0.25) is 0 Å². The summed E-state index contributed by atoms with van der Waals surface area (Å²) in [5.74, 6) is 0. The van der Waals surface area contributed by atoms with E-state index in [0.717, 1.165) is 0 Å². The summed E-state index contributed by atoms with van der Waals surface area (Å²) in [4.78, 5) is 0. The average Bonchev–Trinajstić information content (AvgIpc) is 0.918. The van der Waals surface area contributed by atoms with Gasteiger partial charge in [0.2, 0.25) is 0 Å². The van der Waals surface area contributed by atoms with E-state index in [1.54, 1.807) is 0 Å². The summed E-state index contributed by atoms with van der Waals surface area (Å²) < 4.78 is 0. The van der Waals surface area contributed by atoms with Gasteiger partial charge in [0.05, 0.1) is 0 Å². The molecule has 5 heavy (non-hydrogen) atoms. The van der Waals surface area contributed by atoms with Crippen LogP contribution >= 0.6 is 0 Å². The van der Waals surface area contributed by atoms with Gasteiger partial charge in [0.1, 0.15) is 0 Å². The number of rotatable bonds is 0. The van der Waals surface area contributed by atoms with Gasteiger partial charge in [-0.05, 0) is 0 Å². The van der Waals surface area contributed by atoms with Crippen LogP contribution in [-0.2, 0) is 20.4 Å². The Hall–Kier alpha value is 0.752. The number of hydrogen-bond acceptors (Lipinski definition) is 0. The zero-order valence-electron chi connectivity index (χ0n) is 2.69. The van der Waals surface area contributed by atoms with Gasteiger partial charge in [0, 0.05) is 0 Å². The summed E-state index contributed by atoms with van der Waals surface area (Å²) >= 11 is 0. The summed E-state index contributed by atoms with van der Waals surface area (Å²) in [7, 11) is 0. The first kappa shape index (κ1) is 17.1. The number of allylic oxidation sites excluding steroid dienone is 1. The molecule has 2 heteroatoms. The second-order valence-corrected chi connectivity index (χ2v) is 0.289. The SMILES string of the molecule is C=C[CH2-].[Br-].[Pd+2]. The van der Waals surface area contributed by atoms with Gasteiger partial charge in [-0.2, -0.15) is 0 Å². The van der Waals surface area contributed by atoms with Crippen molar-refractivity contribution >= 4 is 0 Å². The summed E-state index contributed by atoms with van der Waals surface area (Å²) in [5, 5.41) is 0. The normalized spacial score (nSPS) is 2.40. The van der Waals surface area contributed by atoms with Gasteiger partial charge in [0.25, 0.3) is 0 Å². The molecule has 0 aliphatic carbocycles. The Kier molecular flexibility index (Phi) is 74.7. The van der Waals surface area contributed by atoms with Crippen molar-refractivity contribution in [2.75, 3.05) is 0 Å². The molecule has 0 unspecified atom stereocenters. The first-order valence-corrected chi connectivity index (χ1v) is 0.816. The molecule has 0 saturated carbocycles. The first-order chi connectivity index (χ1) is 1.41. The largest absolute Gasteiger partial charge is 2.00 e. The Labute approximate surface area is 57.1 Å². The zero-order chi connectivity index (χ0) is 2.71. The second kappa shape index (κ2) is 21.8. The molecule has 0 fully saturated rings. The van der Waals surface area contributed by atoms with Crippen molar-refractivity contribution in [3.05, 3.63) is 19.6 Å². The molecule has 0 aromatic heterocycles. The molecular formula is C3H5BrPd. The van der Waals surface area contributed by atoms with Crippen molar-refractivity contribution in [2.24, 2.45) is 0 Å². The maximum atomic E-state index is 3.25. The third-order valence-corrected chi connectivity index (χ3v) is 0. The summed E-state index contributed by atoms with van der Waals surface area (Å²) in [6.07, 6.45) is 1.50.